The van der Waals surface area contributed by atoms with Crippen molar-refractivity contribution < 1.29 is 9.53 Å². The minimum Gasteiger partial charge on any atom is -0.496 e. The van der Waals surface area contributed by atoms with Gasteiger partial charge in [0.1, 0.15) is 11.6 Å². The van der Waals surface area contributed by atoms with Gasteiger partial charge < -0.3 is 10.1 Å². The molecule has 7 heteroatoms. The number of benzene rings is 2. The number of carbonyl (C=O) groups excluding carboxylic acids is 1. The molecule has 6 nitrogen and oxygen atoms in total. The van der Waals surface area contributed by atoms with E-state index >= 15 is 0 Å². The number of thioether (sulfide) groups is 1. The average Bonchev–Trinajstić information content (AvgIpc) is 3.52. The highest BCUT2D eigenvalue weighted by molar-refractivity contribution is 7.99. The summed E-state index contributed by atoms with van der Waals surface area (Å²) in [5.41, 5.74) is 1.99. The van der Waals surface area contributed by atoms with Crippen LogP contribution in [0.4, 0.5) is 0 Å². The molecular formula is C22H24N4O2S. The molecule has 29 heavy (non-hydrogen) atoms. The number of nitrogens with zero attached hydrogens (tertiary/aromatic N) is 3. The molecule has 0 saturated heterocycles. The van der Waals surface area contributed by atoms with Gasteiger partial charge in [-0.1, -0.05) is 48.2 Å². The molecule has 0 aliphatic heterocycles. The maximum Gasteiger partial charge on any atom is 0.230 e. The Kier molecular flexibility index (Phi) is 5.85. The smallest absolute Gasteiger partial charge is 0.230 e. The van der Waals surface area contributed by atoms with Crippen LogP contribution in [0.15, 0.2) is 59.8 Å². The Hall–Kier alpha value is -2.80. The first-order valence-electron chi connectivity index (χ1n) is 9.73. The van der Waals surface area contributed by atoms with E-state index in [1.807, 2.05) is 61.5 Å². The van der Waals surface area contributed by atoms with Crippen molar-refractivity contribution >= 4 is 17.7 Å². The van der Waals surface area contributed by atoms with Crippen LogP contribution in [0.2, 0.25) is 0 Å². The van der Waals surface area contributed by atoms with Gasteiger partial charge in [-0.25, -0.2) is 0 Å². The van der Waals surface area contributed by atoms with Gasteiger partial charge in [0.25, 0.3) is 0 Å². The number of ether oxygens (including phenoxy) is 1. The Morgan fingerprint density at radius 1 is 1.17 bits per heavy atom. The van der Waals surface area contributed by atoms with Gasteiger partial charge in [0, 0.05) is 17.2 Å². The van der Waals surface area contributed by atoms with E-state index in [-0.39, 0.29) is 17.7 Å². The maximum absolute atomic E-state index is 12.6. The van der Waals surface area contributed by atoms with Crippen molar-refractivity contribution in [3.05, 3.63) is 66.0 Å². The number of rotatable bonds is 8. The Morgan fingerprint density at radius 2 is 1.90 bits per heavy atom. The van der Waals surface area contributed by atoms with E-state index in [0.29, 0.717) is 5.92 Å². The summed E-state index contributed by atoms with van der Waals surface area (Å²) in [4.78, 5) is 12.6. The lowest BCUT2D eigenvalue weighted by Gasteiger charge is -2.17. The second kappa shape index (κ2) is 8.69. The molecule has 2 aromatic carbocycles. The van der Waals surface area contributed by atoms with Crippen molar-refractivity contribution in [1.29, 1.82) is 0 Å². The highest BCUT2D eigenvalue weighted by Gasteiger charge is 2.31. The van der Waals surface area contributed by atoms with Gasteiger partial charge in [-0.05, 0) is 38.0 Å². The number of amides is 1. The summed E-state index contributed by atoms with van der Waals surface area (Å²) in [6.07, 6.45) is 2.29. The zero-order valence-electron chi connectivity index (χ0n) is 16.5. The Balaban J connectivity index is 1.45. The third-order valence-electron chi connectivity index (χ3n) is 4.93. The monoisotopic (exact) mass is 408 g/mol. The van der Waals surface area contributed by atoms with Crippen LogP contribution < -0.4 is 10.1 Å². The molecule has 1 amide bonds. The summed E-state index contributed by atoms with van der Waals surface area (Å²) < 4.78 is 7.48. The highest BCUT2D eigenvalue weighted by Crippen LogP contribution is 2.41. The predicted molar refractivity (Wildman–Crippen MR) is 114 cm³/mol. The van der Waals surface area contributed by atoms with Crippen LogP contribution in [0.1, 0.15) is 43.1 Å². The van der Waals surface area contributed by atoms with Gasteiger partial charge in [-0.15, -0.1) is 10.2 Å². The standard InChI is InChI=1S/C22H24N4O2S/c1-15(18-10-6-7-11-19(18)28-2)23-20(27)14-29-22-25-24-21(16-12-13-16)26(22)17-8-4-3-5-9-17/h3-11,15-16H,12-14H2,1-2H3,(H,23,27)/t15-/m1/s1. The topological polar surface area (TPSA) is 69.0 Å². The first-order valence-corrected chi connectivity index (χ1v) is 10.7. The van der Waals surface area contributed by atoms with Crippen molar-refractivity contribution in [2.75, 3.05) is 12.9 Å². The van der Waals surface area contributed by atoms with Crippen molar-refractivity contribution in [2.24, 2.45) is 0 Å². The molecular weight excluding hydrogens is 384 g/mol. The summed E-state index contributed by atoms with van der Waals surface area (Å²) in [7, 11) is 1.64. The molecule has 4 rings (SSSR count). The summed E-state index contributed by atoms with van der Waals surface area (Å²) >= 11 is 1.41. The van der Waals surface area contributed by atoms with Crippen molar-refractivity contribution in [3.8, 4) is 11.4 Å². The van der Waals surface area contributed by atoms with Crippen molar-refractivity contribution in [1.82, 2.24) is 20.1 Å². The Bertz CT molecular complexity index is 985. The zero-order valence-corrected chi connectivity index (χ0v) is 17.4. The largest absolute Gasteiger partial charge is 0.496 e. The van der Waals surface area contributed by atoms with Crippen molar-refractivity contribution in [2.45, 2.75) is 36.9 Å². The first-order chi connectivity index (χ1) is 14.2. The summed E-state index contributed by atoms with van der Waals surface area (Å²) in [5, 5.41) is 12.6. The van der Waals surface area contributed by atoms with Gasteiger partial charge in [-0.3, -0.25) is 9.36 Å². The third-order valence-corrected chi connectivity index (χ3v) is 5.86. The SMILES string of the molecule is COc1ccccc1[C@@H](C)NC(=O)CSc1nnc(C2CC2)n1-c1ccccc1. The van der Waals surface area contributed by atoms with Crippen LogP contribution in [0, 0.1) is 0 Å². The summed E-state index contributed by atoms with van der Waals surface area (Å²) in [6.45, 7) is 1.96. The lowest BCUT2D eigenvalue weighted by Crippen LogP contribution is -2.28. The average molecular weight is 409 g/mol. The molecule has 0 bridgehead atoms. The van der Waals surface area contributed by atoms with Crippen LogP contribution in [-0.4, -0.2) is 33.5 Å². The lowest BCUT2D eigenvalue weighted by molar-refractivity contribution is -0.119. The fourth-order valence-electron chi connectivity index (χ4n) is 3.32. The molecule has 1 saturated carbocycles. The molecule has 1 aliphatic rings. The molecule has 1 fully saturated rings. The van der Waals surface area contributed by atoms with Gasteiger partial charge in [0.05, 0.1) is 18.9 Å². The van der Waals surface area contributed by atoms with Crippen LogP contribution in [-0.2, 0) is 4.79 Å². The Labute approximate surface area is 174 Å². The fourth-order valence-corrected chi connectivity index (χ4v) is 4.09. The zero-order chi connectivity index (χ0) is 20.2. The van der Waals surface area contributed by atoms with Crippen molar-refractivity contribution in [3.63, 3.8) is 0 Å². The van der Waals surface area contributed by atoms with E-state index in [9.17, 15) is 4.79 Å². The molecule has 1 heterocycles. The minimum atomic E-state index is -0.145. The van der Waals surface area contributed by atoms with Gasteiger partial charge in [-0.2, -0.15) is 0 Å². The minimum absolute atomic E-state index is 0.0519. The number of para-hydroxylation sites is 2. The van der Waals surface area contributed by atoms with Crippen LogP contribution >= 0.6 is 11.8 Å². The molecule has 1 atom stereocenters. The van der Waals surface area contributed by atoms with Crippen LogP contribution in [0.3, 0.4) is 0 Å². The van der Waals surface area contributed by atoms with Crippen LogP contribution in [0.25, 0.3) is 5.69 Å². The Morgan fingerprint density at radius 3 is 2.62 bits per heavy atom. The summed E-state index contributed by atoms with van der Waals surface area (Å²) in [5.74, 6) is 2.45. The third kappa shape index (κ3) is 4.45. The molecule has 0 spiro atoms. The maximum atomic E-state index is 12.6. The second-order valence-corrected chi connectivity index (χ2v) is 8.05. The van der Waals surface area contributed by atoms with E-state index in [2.05, 4.69) is 20.1 Å². The number of nitrogens with one attached hydrogen (secondary N) is 1. The van der Waals surface area contributed by atoms with Gasteiger partial charge in [0.2, 0.25) is 5.91 Å². The quantitative estimate of drug-likeness (QED) is 0.568. The number of aromatic nitrogens is 3. The van der Waals surface area contributed by atoms with E-state index < -0.39 is 0 Å². The number of carbonyl (C=O) groups is 1. The predicted octanol–water partition coefficient (Wildman–Crippen LogP) is 4.12. The first kappa shape index (κ1) is 19.5. The van der Waals surface area contributed by atoms with E-state index in [4.69, 9.17) is 4.74 Å². The summed E-state index contributed by atoms with van der Waals surface area (Å²) in [6, 6.07) is 17.7. The molecule has 150 valence electrons. The van der Waals surface area contributed by atoms with E-state index in [1.54, 1.807) is 7.11 Å². The number of hydrogen-bond acceptors (Lipinski definition) is 5. The normalized spacial score (nSPS) is 14.4. The van der Waals surface area contributed by atoms with Gasteiger partial charge in [0.15, 0.2) is 5.16 Å². The number of hydrogen-bond donors (Lipinski definition) is 1. The molecule has 0 unspecified atom stereocenters. The second-order valence-electron chi connectivity index (χ2n) is 7.11. The van der Waals surface area contributed by atoms with E-state index in [1.165, 1.54) is 11.8 Å². The molecule has 1 aliphatic carbocycles. The molecule has 1 aromatic heterocycles. The fraction of sp³-hybridized carbons (Fsp3) is 0.318. The molecule has 1 N–H and O–H groups in total. The van der Waals surface area contributed by atoms with Crippen LogP contribution in [0.5, 0.6) is 5.75 Å². The lowest BCUT2D eigenvalue weighted by atomic mass is 10.1. The molecule has 0 radical (unpaired) electrons. The van der Waals surface area contributed by atoms with Gasteiger partial charge >= 0.3 is 0 Å². The molecule has 3 aromatic rings. The number of methoxy groups -OCH3 is 1. The van der Waals surface area contributed by atoms with E-state index in [0.717, 1.165) is 40.8 Å². The highest BCUT2D eigenvalue weighted by atomic mass is 32.2.